The normalized spacial score (nSPS) is 18.7. The SMILES string of the molecule is N#CC1CN(c2nc(NN)ccc2[N+](=O)[O-])CCO1. The van der Waals surface area contributed by atoms with E-state index in [9.17, 15) is 10.1 Å². The largest absolute Gasteiger partial charge is 0.360 e. The lowest BCUT2D eigenvalue weighted by Crippen LogP contribution is -2.42. The highest BCUT2D eigenvalue weighted by Gasteiger charge is 2.27. The lowest BCUT2D eigenvalue weighted by molar-refractivity contribution is -0.384. The number of nitriles is 1. The average Bonchev–Trinajstić information content (AvgIpc) is 2.46. The lowest BCUT2D eigenvalue weighted by atomic mass is 10.2. The molecule has 0 aromatic carbocycles. The molecule has 1 fully saturated rings. The minimum absolute atomic E-state index is 0.127. The topological polar surface area (TPSA) is 130 Å². The van der Waals surface area contributed by atoms with Crippen molar-refractivity contribution in [3.05, 3.63) is 22.2 Å². The number of nitrogens with zero attached hydrogens (tertiary/aromatic N) is 4. The summed E-state index contributed by atoms with van der Waals surface area (Å²) in [7, 11) is 0. The highest BCUT2D eigenvalue weighted by molar-refractivity contribution is 5.62. The number of nitrogens with two attached hydrogens (primary N) is 1. The molecule has 1 aromatic heterocycles. The number of hydrogen-bond donors (Lipinski definition) is 2. The van der Waals surface area contributed by atoms with E-state index >= 15 is 0 Å². The Kier molecular flexibility index (Phi) is 3.74. The monoisotopic (exact) mass is 264 g/mol. The van der Waals surface area contributed by atoms with Gasteiger partial charge in [-0.25, -0.2) is 10.8 Å². The Balaban J connectivity index is 2.36. The maximum Gasteiger partial charge on any atom is 0.311 e. The number of nitro groups is 1. The Hall–Kier alpha value is -2.44. The predicted octanol–water partition coefficient (Wildman–Crippen LogP) is 0.00418. The maximum atomic E-state index is 11.0. The van der Waals surface area contributed by atoms with Gasteiger partial charge in [0.2, 0.25) is 5.82 Å². The molecule has 0 saturated carbocycles. The zero-order valence-electron chi connectivity index (χ0n) is 9.94. The Morgan fingerprint density at radius 3 is 3.11 bits per heavy atom. The van der Waals surface area contributed by atoms with E-state index in [1.54, 1.807) is 4.90 Å². The van der Waals surface area contributed by atoms with Gasteiger partial charge in [-0.05, 0) is 6.07 Å². The quantitative estimate of drug-likeness (QED) is 0.443. The molecule has 0 radical (unpaired) electrons. The molecule has 1 unspecified atom stereocenters. The number of nitrogens with one attached hydrogen (secondary N) is 1. The number of hydrogen-bond acceptors (Lipinski definition) is 8. The van der Waals surface area contributed by atoms with Crippen LogP contribution in [0.4, 0.5) is 17.3 Å². The molecule has 9 nitrogen and oxygen atoms in total. The van der Waals surface area contributed by atoms with E-state index in [0.29, 0.717) is 19.0 Å². The summed E-state index contributed by atoms with van der Waals surface area (Å²) in [5.41, 5.74) is 2.21. The molecule has 19 heavy (non-hydrogen) atoms. The zero-order chi connectivity index (χ0) is 13.8. The minimum atomic E-state index is -0.621. The van der Waals surface area contributed by atoms with Crippen molar-refractivity contribution in [2.45, 2.75) is 6.10 Å². The van der Waals surface area contributed by atoms with Gasteiger partial charge >= 0.3 is 5.69 Å². The molecule has 100 valence electrons. The molecule has 0 spiro atoms. The van der Waals surface area contributed by atoms with E-state index in [4.69, 9.17) is 15.8 Å². The van der Waals surface area contributed by atoms with Crippen LogP contribution in [0.1, 0.15) is 0 Å². The minimum Gasteiger partial charge on any atom is -0.360 e. The smallest absolute Gasteiger partial charge is 0.311 e. The maximum absolute atomic E-state index is 11.0. The molecule has 1 aromatic rings. The number of morpholine rings is 1. The third kappa shape index (κ3) is 2.70. The molecular formula is C10H12N6O3. The number of nitrogen functional groups attached to an aromatic ring is 1. The van der Waals surface area contributed by atoms with Gasteiger partial charge in [-0.15, -0.1) is 0 Å². The van der Waals surface area contributed by atoms with Crippen LogP contribution in [0.3, 0.4) is 0 Å². The number of aromatic nitrogens is 1. The summed E-state index contributed by atoms with van der Waals surface area (Å²) in [5, 5.41) is 19.9. The van der Waals surface area contributed by atoms with Crippen LogP contribution in [-0.2, 0) is 4.74 Å². The highest BCUT2D eigenvalue weighted by Crippen LogP contribution is 2.28. The molecule has 3 N–H and O–H groups in total. The summed E-state index contributed by atoms with van der Waals surface area (Å²) in [6, 6.07) is 4.73. The number of anilines is 2. The van der Waals surface area contributed by atoms with Crippen LogP contribution in [0.15, 0.2) is 12.1 Å². The second kappa shape index (κ2) is 5.47. The molecule has 1 aliphatic rings. The summed E-state index contributed by atoms with van der Waals surface area (Å²) in [5.74, 6) is 5.75. The van der Waals surface area contributed by atoms with Crippen molar-refractivity contribution >= 4 is 17.3 Å². The summed E-state index contributed by atoms with van der Waals surface area (Å²) >= 11 is 0. The first-order valence-electron chi connectivity index (χ1n) is 5.54. The third-order valence-corrected chi connectivity index (χ3v) is 2.71. The lowest BCUT2D eigenvalue weighted by Gasteiger charge is -2.30. The van der Waals surface area contributed by atoms with Gasteiger partial charge in [0.15, 0.2) is 6.10 Å². The van der Waals surface area contributed by atoms with Gasteiger partial charge in [0.05, 0.1) is 24.1 Å². The van der Waals surface area contributed by atoms with E-state index in [-0.39, 0.29) is 18.1 Å². The van der Waals surface area contributed by atoms with Crippen LogP contribution < -0.4 is 16.2 Å². The molecule has 1 atom stereocenters. The van der Waals surface area contributed by atoms with E-state index in [1.807, 2.05) is 6.07 Å². The van der Waals surface area contributed by atoms with E-state index < -0.39 is 11.0 Å². The van der Waals surface area contributed by atoms with Crippen molar-refractivity contribution in [1.29, 1.82) is 5.26 Å². The Morgan fingerprint density at radius 1 is 1.68 bits per heavy atom. The van der Waals surface area contributed by atoms with Crippen molar-refractivity contribution in [2.24, 2.45) is 5.84 Å². The first kappa shape index (κ1) is 13.0. The van der Waals surface area contributed by atoms with Crippen LogP contribution in [0.2, 0.25) is 0 Å². The fourth-order valence-corrected chi connectivity index (χ4v) is 1.82. The third-order valence-electron chi connectivity index (χ3n) is 2.71. The average molecular weight is 264 g/mol. The Labute approximate surface area is 108 Å². The Bertz CT molecular complexity index is 528. The van der Waals surface area contributed by atoms with Crippen LogP contribution in [-0.4, -0.2) is 35.7 Å². The van der Waals surface area contributed by atoms with Gasteiger partial charge in [-0.1, -0.05) is 0 Å². The number of rotatable bonds is 3. The molecule has 2 heterocycles. The van der Waals surface area contributed by atoms with Gasteiger partial charge in [0.1, 0.15) is 5.82 Å². The standard InChI is InChI=1S/C10H12N6O3/c11-5-7-6-15(3-4-19-7)10-8(16(17)18)1-2-9(13-10)14-12/h1-2,7H,3-4,6,12H2,(H,13,14). The van der Waals surface area contributed by atoms with E-state index in [0.717, 1.165) is 0 Å². The molecule has 0 aliphatic carbocycles. The van der Waals surface area contributed by atoms with Crippen molar-refractivity contribution < 1.29 is 9.66 Å². The molecule has 0 bridgehead atoms. The summed E-state index contributed by atoms with van der Waals surface area (Å²) in [6.45, 7) is 0.982. The fourth-order valence-electron chi connectivity index (χ4n) is 1.82. The zero-order valence-corrected chi connectivity index (χ0v) is 9.94. The summed E-state index contributed by atoms with van der Waals surface area (Å²) in [4.78, 5) is 16.2. The number of hydrazine groups is 1. The molecule has 1 aliphatic heterocycles. The van der Waals surface area contributed by atoms with Crippen LogP contribution in [0.5, 0.6) is 0 Å². The second-order valence-corrected chi connectivity index (χ2v) is 3.88. The summed E-state index contributed by atoms with van der Waals surface area (Å²) < 4.78 is 5.20. The predicted molar refractivity (Wildman–Crippen MR) is 66.3 cm³/mol. The highest BCUT2D eigenvalue weighted by atomic mass is 16.6. The molecule has 1 saturated heterocycles. The van der Waals surface area contributed by atoms with Crippen molar-refractivity contribution in [3.63, 3.8) is 0 Å². The first-order chi connectivity index (χ1) is 9.15. The van der Waals surface area contributed by atoms with Crippen LogP contribution >= 0.6 is 0 Å². The molecule has 2 rings (SSSR count). The molecule has 9 heteroatoms. The van der Waals surface area contributed by atoms with E-state index in [2.05, 4.69) is 10.4 Å². The van der Waals surface area contributed by atoms with E-state index in [1.165, 1.54) is 12.1 Å². The van der Waals surface area contributed by atoms with Crippen molar-refractivity contribution in [2.75, 3.05) is 30.0 Å². The van der Waals surface area contributed by atoms with Crippen LogP contribution in [0.25, 0.3) is 0 Å². The van der Waals surface area contributed by atoms with Gasteiger partial charge < -0.3 is 15.1 Å². The second-order valence-electron chi connectivity index (χ2n) is 3.88. The fraction of sp³-hybridized carbons (Fsp3) is 0.400. The number of ether oxygens (including phenoxy) is 1. The Morgan fingerprint density at radius 2 is 2.47 bits per heavy atom. The van der Waals surface area contributed by atoms with Crippen LogP contribution in [0, 0.1) is 21.4 Å². The number of pyridine rings is 1. The van der Waals surface area contributed by atoms with Gasteiger partial charge in [-0.2, -0.15) is 5.26 Å². The van der Waals surface area contributed by atoms with Crippen molar-refractivity contribution in [3.8, 4) is 6.07 Å². The summed E-state index contributed by atoms with van der Waals surface area (Å²) in [6.07, 6.45) is -0.621. The molecule has 0 amide bonds. The van der Waals surface area contributed by atoms with Crippen molar-refractivity contribution in [1.82, 2.24) is 4.98 Å². The first-order valence-corrected chi connectivity index (χ1v) is 5.54. The van der Waals surface area contributed by atoms with Gasteiger partial charge in [0, 0.05) is 12.6 Å². The molecular weight excluding hydrogens is 252 g/mol. The van der Waals surface area contributed by atoms with Gasteiger partial charge in [-0.3, -0.25) is 10.1 Å². The van der Waals surface area contributed by atoms with Gasteiger partial charge in [0.25, 0.3) is 0 Å².